The molecule has 1 heterocycles. The Morgan fingerprint density at radius 2 is 1.10 bits per heavy atom. The summed E-state index contributed by atoms with van der Waals surface area (Å²) in [5.41, 5.74) is 13.1. The Morgan fingerprint density at radius 1 is 0.521 bits per heavy atom. The highest BCUT2D eigenvalue weighted by Gasteiger charge is 2.50. The molecule has 0 unspecified atom stereocenters. The van der Waals surface area contributed by atoms with Crippen LogP contribution in [0.1, 0.15) is 38.9 Å². The third-order valence-corrected chi connectivity index (χ3v) is 9.68. The number of nitrogens with one attached hydrogen (secondary N) is 1. The fraction of sp³-hybridized carbons (Fsp3) is 0.0222. The van der Waals surface area contributed by atoms with Gasteiger partial charge in [0.15, 0.2) is 0 Å². The Bertz CT molecular complexity index is 2340. The molecular weight excluding hydrogens is 585 g/mol. The first-order valence-corrected chi connectivity index (χ1v) is 16.2. The van der Waals surface area contributed by atoms with Gasteiger partial charge in [-0.15, -0.1) is 0 Å². The van der Waals surface area contributed by atoms with Gasteiger partial charge in [0, 0.05) is 28.5 Å². The number of rotatable bonds is 5. The molecule has 226 valence electrons. The molecule has 1 aliphatic heterocycles. The Labute approximate surface area is 280 Å². The van der Waals surface area contributed by atoms with E-state index in [9.17, 15) is 0 Å². The Balaban J connectivity index is 1.11. The molecule has 3 nitrogen and oxygen atoms in total. The van der Waals surface area contributed by atoms with Crippen LogP contribution in [0.25, 0.3) is 22.3 Å². The molecule has 7 aromatic carbocycles. The largest absolute Gasteiger partial charge is 0.457 e. The lowest BCUT2D eigenvalue weighted by molar-refractivity contribution is 0.436. The average molecular weight is 615 g/mol. The van der Waals surface area contributed by atoms with E-state index in [0.29, 0.717) is 5.71 Å². The van der Waals surface area contributed by atoms with Crippen molar-refractivity contribution in [1.29, 1.82) is 5.41 Å². The third kappa shape index (κ3) is 4.29. The van der Waals surface area contributed by atoms with E-state index >= 15 is 0 Å². The molecule has 7 aromatic rings. The van der Waals surface area contributed by atoms with Crippen LogP contribution in [0.5, 0.6) is 11.5 Å². The van der Waals surface area contributed by atoms with Gasteiger partial charge in [-0.2, -0.15) is 0 Å². The molecule has 1 N–H and O–H groups in total. The van der Waals surface area contributed by atoms with E-state index in [1.807, 2.05) is 60.8 Å². The van der Waals surface area contributed by atoms with E-state index in [1.165, 1.54) is 33.4 Å². The van der Waals surface area contributed by atoms with Gasteiger partial charge in [-0.1, -0.05) is 146 Å². The standard InChI is InChI=1S/C45H30N2O/c46-44(32-12-2-1-3-13-32)36-15-5-9-19-41(36)47-29-30-22-24-31(25-23-30)33-26-27-35-34-14-4-6-16-37(34)45(40(35)28-33)38-17-7-10-20-42(38)48-43-21-11-8-18-39(43)45/h1-29,46H/b46-44?,47-29+. The number of para-hydroxylation sites is 3. The number of fused-ring (bicyclic) bond motifs is 9. The highest BCUT2D eigenvalue weighted by molar-refractivity contribution is 6.14. The van der Waals surface area contributed by atoms with Crippen molar-refractivity contribution in [3.8, 4) is 33.8 Å². The van der Waals surface area contributed by atoms with Crippen LogP contribution in [0.3, 0.4) is 0 Å². The Hall–Kier alpha value is -6.32. The maximum atomic E-state index is 8.79. The minimum absolute atomic E-state index is 0.463. The molecule has 0 atom stereocenters. The maximum Gasteiger partial charge on any atom is 0.132 e. The summed E-state index contributed by atoms with van der Waals surface area (Å²) >= 11 is 0. The van der Waals surface area contributed by atoms with Crippen LogP contribution in [-0.2, 0) is 5.41 Å². The smallest absolute Gasteiger partial charge is 0.132 e. The second-order valence-corrected chi connectivity index (χ2v) is 12.3. The van der Waals surface area contributed by atoms with E-state index in [-0.39, 0.29) is 0 Å². The van der Waals surface area contributed by atoms with E-state index < -0.39 is 5.41 Å². The summed E-state index contributed by atoms with van der Waals surface area (Å²) in [6, 6.07) is 58.8. The fourth-order valence-electron chi connectivity index (χ4n) is 7.50. The van der Waals surface area contributed by atoms with Gasteiger partial charge >= 0.3 is 0 Å². The monoisotopic (exact) mass is 614 g/mol. The normalized spacial score (nSPS) is 13.3. The molecule has 48 heavy (non-hydrogen) atoms. The molecule has 0 bridgehead atoms. The predicted octanol–water partition coefficient (Wildman–Crippen LogP) is 11.0. The first kappa shape index (κ1) is 27.9. The van der Waals surface area contributed by atoms with E-state index in [4.69, 9.17) is 15.1 Å². The number of nitrogens with zero attached hydrogens (tertiary/aromatic N) is 1. The van der Waals surface area contributed by atoms with E-state index in [1.54, 1.807) is 0 Å². The summed E-state index contributed by atoms with van der Waals surface area (Å²) in [6.07, 6.45) is 1.88. The van der Waals surface area contributed by atoms with Gasteiger partial charge in [0.05, 0.1) is 16.8 Å². The van der Waals surface area contributed by atoms with Crippen molar-refractivity contribution in [3.05, 3.63) is 209 Å². The number of benzene rings is 7. The van der Waals surface area contributed by atoms with Crippen molar-refractivity contribution >= 4 is 17.6 Å². The average Bonchev–Trinajstić information content (AvgIpc) is 3.44. The van der Waals surface area contributed by atoms with Gasteiger partial charge in [0.25, 0.3) is 0 Å². The SMILES string of the molecule is N=C(c1ccccc1)c1ccccc1/N=C/c1ccc(-c2ccc3c(c2)C2(c4ccccc4Oc4ccccc42)c2ccccc2-3)cc1. The highest BCUT2D eigenvalue weighted by Crippen LogP contribution is 2.62. The van der Waals surface area contributed by atoms with Crippen LogP contribution >= 0.6 is 0 Å². The summed E-state index contributed by atoms with van der Waals surface area (Å²) in [5.74, 6) is 1.79. The van der Waals surface area contributed by atoms with Crippen molar-refractivity contribution < 1.29 is 4.74 Å². The Kier molecular flexibility index (Phi) is 6.51. The molecule has 1 aliphatic carbocycles. The fourth-order valence-corrected chi connectivity index (χ4v) is 7.50. The summed E-state index contributed by atoms with van der Waals surface area (Å²) in [6.45, 7) is 0. The topological polar surface area (TPSA) is 45.4 Å². The number of ether oxygens (including phenoxy) is 1. The van der Waals surface area contributed by atoms with Gasteiger partial charge in [0.1, 0.15) is 11.5 Å². The first-order valence-electron chi connectivity index (χ1n) is 16.2. The summed E-state index contributed by atoms with van der Waals surface area (Å²) in [7, 11) is 0. The summed E-state index contributed by atoms with van der Waals surface area (Å²) < 4.78 is 6.50. The second kappa shape index (κ2) is 11.2. The number of aliphatic imine (C=N–C) groups is 1. The zero-order chi connectivity index (χ0) is 32.1. The van der Waals surface area contributed by atoms with Crippen LogP contribution in [0.15, 0.2) is 175 Å². The predicted molar refractivity (Wildman–Crippen MR) is 195 cm³/mol. The second-order valence-electron chi connectivity index (χ2n) is 12.3. The lowest BCUT2D eigenvalue weighted by atomic mass is 9.66. The molecule has 0 aromatic heterocycles. The van der Waals surface area contributed by atoms with Crippen LogP contribution < -0.4 is 4.74 Å². The summed E-state index contributed by atoms with van der Waals surface area (Å²) in [4.78, 5) is 4.82. The maximum absolute atomic E-state index is 8.79. The lowest BCUT2D eigenvalue weighted by Gasteiger charge is -2.39. The molecular formula is C45H30N2O. The van der Waals surface area contributed by atoms with Crippen molar-refractivity contribution in [1.82, 2.24) is 0 Å². The first-order chi connectivity index (χ1) is 23.7. The van der Waals surface area contributed by atoms with Gasteiger partial charge < -0.3 is 4.74 Å². The molecule has 9 rings (SSSR count). The molecule has 3 heteroatoms. The molecule has 0 saturated heterocycles. The zero-order valence-electron chi connectivity index (χ0n) is 26.1. The van der Waals surface area contributed by atoms with Crippen LogP contribution in [-0.4, -0.2) is 11.9 Å². The molecule has 1 spiro atoms. The Morgan fingerprint density at radius 3 is 1.85 bits per heavy atom. The van der Waals surface area contributed by atoms with Crippen molar-refractivity contribution in [2.45, 2.75) is 5.41 Å². The van der Waals surface area contributed by atoms with E-state index in [0.717, 1.165) is 45.0 Å². The molecule has 0 amide bonds. The quantitative estimate of drug-likeness (QED) is 0.193. The van der Waals surface area contributed by atoms with Crippen molar-refractivity contribution in [2.75, 3.05) is 0 Å². The lowest BCUT2D eigenvalue weighted by Crippen LogP contribution is -2.32. The number of hydrogen-bond donors (Lipinski definition) is 1. The third-order valence-electron chi connectivity index (χ3n) is 9.68. The van der Waals surface area contributed by atoms with Crippen molar-refractivity contribution in [2.24, 2.45) is 4.99 Å². The van der Waals surface area contributed by atoms with Crippen LogP contribution in [0.4, 0.5) is 5.69 Å². The van der Waals surface area contributed by atoms with Gasteiger partial charge in [-0.3, -0.25) is 10.4 Å². The van der Waals surface area contributed by atoms with Gasteiger partial charge in [-0.25, -0.2) is 0 Å². The molecule has 0 radical (unpaired) electrons. The van der Waals surface area contributed by atoms with Crippen LogP contribution in [0.2, 0.25) is 0 Å². The molecule has 0 saturated carbocycles. The molecule has 0 fully saturated rings. The number of hydrogen-bond acceptors (Lipinski definition) is 3. The highest BCUT2D eigenvalue weighted by atomic mass is 16.5. The van der Waals surface area contributed by atoms with E-state index in [2.05, 4.69) is 115 Å². The van der Waals surface area contributed by atoms with Gasteiger partial charge in [-0.05, 0) is 63.2 Å². The zero-order valence-corrected chi connectivity index (χ0v) is 26.1. The van der Waals surface area contributed by atoms with Gasteiger partial charge in [0.2, 0.25) is 0 Å². The minimum atomic E-state index is -0.485. The minimum Gasteiger partial charge on any atom is -0.457 e. The van der Waals surface area contributed by atoms with Crippen molar-refractivity contribution in [3.63, 3.8) is 0 Å². The summed E-state index contributed by atoms with van der Waals surface area (Å²) in [5, 5.41) is 8.79. The van der Waals surface area contributed by atoms with Crippen LogP contribution in [0, 0.1) is 5.41 Å². The molecule has 2 aliphatic rings.